The minimum Gasteiger partial charge on any atom is -0.471 e. The molecule has 0 unspecified atom stereocenters. The lowest BCUT2D eigenvalue weighted by Gasteiger charge is -2.42. The Morgan fingerprint density at radius 3 is 1.39 bits per heavy atom. The summed E-state index contributed by atoms with van der Waals surface area (Å²) in [4.78, 5) is 2.42. The molecule has 0 spiro atoms. The molecule has 2 aliphatic rings. The van der Waals surface area contributed by atoms with Crippen LogP contribution in [0.1, 0.15) is 25.0 Å². The highest BCUT2D eigenvalue weighted by Crippen LogP contribution is 2.51. The third-order valence-electron chi connectivity index (χ3n) is 11.9. The van der Waals surface area contributed by atoms with Crippen molar-refractivity contribution in [2.45, 2.75) is 19.3 Å². The normalized spacial score (nSPS) is 14.1. The van der Waals surface area contributed by atoms with Crippen LogP contribution in [0.2, 0.25) is 0 Å². The summed E-state index contributed by atoms with van der Waals surface area (Å²) in [7, 11) is 0. The lowest BCUT2D eigenvalue weighted by atomic mass is 9.24. The van der Waals surface area contributed by atoms with Crippen molar-refractivity contribution >= 4 is 85.6 Å². The molecule has 4 heterocycles. The number of para-hydroxylation sites is 4. The van der Waals surface area contributed by atoms with E-state index in [0.717, 1.165) is 38.9 Å². The fourth-order valence-electron chi connectivity index (χ4n) is 9.35. The molecule has 0 bridgehead atoms. The van der Waals surface area contributed by atoms with E-state index in [4.69, 9.17) is 8.83 Å². The van der Waals surface area contributed by atoms with Crippen molar-refractivity contribution in [2.24, 2.45) is 0 Å². The molecule has 0 amide bonds. The van der Waals surface area contributed by atoms with Gasteiger partial charge in [-0.2, -0.15) is 0 Å². The maximum absolute atomic E-state index is 6.99. The summed E-state index contributed by atoms with van der Waals surface area (Å²) in [5.74, 6) is 0. The molecule has 2 aliphatic heterocycles. The molecule has 0 N–H and O–H groups in total. The molecule has 54 heavy (non-hydrogen) atoms. The molecule has 0 aliphatic carbocycles. The van der Waals surface area contributed by atoms with Gasteiger partial charge < -0.3 is 13.7 Å². The van der Waals surface area contributed by atoms with Gasteiger partial charge in [0, 0.05) is 21.9 Å². The average Bonchev–Trinajstić information content (AvgIpc) is 3.80. The van der Waals surface area contributed by atoms with Crippen LogP contribution >= 0.6 is 0 Å². The molecule has 254 valence electrons. The summed E-state index contributed by atoms with van der Waals surface area (Å²) >= 11 is 0. The average molecular weight is 691 g/mol. The number of hydrogen-bond acceptors (Lipinski definition) is 3. The van der Waals surface area contributed by atoms with Crippen molar-refractivity contribution in [3.63, 3.8) is 0 Å². The van der Waals surface area contributed by atoms with E-state index in [9.17, 15) is 0 Å². The van der Waals surface area contributed by atoms with E-state index in [1.165, 1.54) is 55.5 Å². The fourth-order valence-corrected chi connectivity index (χ4v) is 9.35. The first kappa shape index (κ1) is 31.1. The van der Waals surface area contributed by atoms with Gasteiger partial charge in [0.25, 0.3) is 13.4 Å². The molecule has 0 saturated heterocycles. The Morgan fingerprint density at radius 2 is 0.852 bits per heavy atom. The second-order valence-electron chi connectivity index (χ2n) is 15.2. The van der Waals surface area contributed by atoms with Gasteiger partial charge in [0.05, 0.1) is 22.7 Å². The smallest absolute Gasteiger partial charge is 0.290 e. The van der Waals surface area contributed by atoms with Gasteiger partial charge in [0.15, 0.2) is 0 Å². The van der Waals surface area contributed by atoms with E-state index in [1.54, 1.807) is 0 Å². The number of hydrogen-bond donors (Lipinski definition) is 0. The number of fused-ring (bicyclic) bond motifs is 8. The second kappa shape index (κ2) is 11.8. The molecule has 7 aromatic carbocycles. The fraction of sp³-hybridized carbons (Fsp3) is 0.0612. The predicted molar refractivity (Wildman–Crippen MR) is 227 cm³/mol. The SMILES string of the molecule is CC1(C)c2ccccc2N(c2ccc(B3c4oc5ccccc5c4B(c4ccc(-c5ccccc5)cc4)c4oc5ccccc5c43)cc2)c2ccccc21. The molecule has 5 heteroatoms. The summed E-state index contributed by atoms with van der Waals surface area (Å²) in [5.41, 5.74) is 17.0. The number of rotatable bonds is 4. The number of benzene rings is 7. The highest BCUT2D eigenvalue weighted by Gasteiger charge is 2.46. The van der Waals surface area contributed by atoms with Crippen LogP contribution in [0.5, 0.6) is 0 Å². The summed E-state index contributed by atoms with van der Waals surface area (Å²) in [6.45, 7) is 4.38. The third kappa shape index (κ3) is 4.51. The molecule has 0 atom stereocenters. The summed E-state index contributed by atoms with van der Waals surface area (Å²) in [5, 5.41) is 2.25. The van der Waals surface area contributed by atoms with Gasteiger partial charge in [-0.25, -0.2) is 0 Å². The van der Waals surface area contributed by atoms with Crippen molar-refractivity contribution < 1.29 is 8.83 Å². The third-order valence-corrected chi connectivity index (χ3v) is 11.9. The monoisotopic (exact) mass is 691 g/mol. The Balaban J connectivity index is 1.09. The Morgan fingerprint density at radius 1 is 0.426 bits per heavy atom. The highest BCUT2D eigenvalue weighted by molar-refractivity contribution is 7.12. The maximum atomic E-state index is 6.99. The number of nitrogens with zero attached hydrogens (tertiary/aromatic N) is 1. The molecule has 9 aromatic rings. The van der Waals surface area contributed by atoms with Crippen molar-refractivity contribution in [2.75, 3.05) is 4.90 Å². The predicted octanol–water partition coefficient (Wildman–Crippen LogP) is 8.30. The molecule has 11 rings (SSSR count). The minimum atomic E-state index is -0.153. The molecule has 0 fully saturated rings. The maximum Gasteiger partial charge on any atom is 0.290 e. The number of anilines is 3. The van der Waals surface area contributed by atoms with Gasteiger partial charge in [-0.05, 0) is 69.6 Å². The van der Waals surface area contributed by atoms with E-state index in [0.29, 0.717) is 0 Å². The number of furan rings is 2. The quantitative estimate of drug-likeness (QED) is 0.174. The van der Waals surface area contributed by atoms with E-state index in [1.807, 2.05) is 0 Å². The molecular weight excluding hydrogens is 656 g/mol. The molecule has 0 saturated carbocycles. The minimum absolute atomic E-state index is 0.111. The first-order valence-electron chi connectivity index (χ1n) is 18.8. The van der Waals surface area contributed by atoms with Gasteiger partial charge in [-0.1, -0.05) is 164 Å². The molecular formula is C49H35B2NO2. The van der Waals surface area contributed by atoms with Crippen LogP contribution in [0.25, 0.3) is 33.1 Å². The Labute approximate surface area is 315 Å². The first-order chi connectivity index (χ1) is 26.6. The van der Waals surface area contributed by atoms with Crippen LogP contribution in [0.4, 0.5) is 17.1 Å². The second-order valence-corrected chi connectivity index (χ2v) is 15.2. The lowest BCUT2D eigenvalue weighted by molar-refractivity contribution is 0.632. The van der Waals surface area contributed by atoms with Gasteiger partial charge >= 0.3 is 0 Å². The largest absolute Gasteiger partial charge is 0.471 e. The van der Waals surface area contributed by atoms with Gasteiger partial charge in [0.1, 0.15) is 11.2 Å². The summed E-state index contributed by atoms with van der Waals surface area (Å²) < 4.78 is 14.0. The zero-order chi connectivity index (χ0) is 36.0. The van der Waals surface area contributed by atoms with E-state index in [-0.39, 0.29) is 18.8 Å². The van der Waals surface area contributed by atoms with E-state index in [2.05, 4.69) is 195 Å². The van der Waals surface area contributed by atoms with Crippen molar-refractivity contribution in [3.8, 4) is 11.1 Å². The zero-order valence-electron chi connectivity index (χ0n) is 30.2. The van der Waals surface area contributed by atoms with Crippen LogP contribution in [0.15, 0.2) is 185 Å². The topological polar surface area (TPSA) is 29.5 Å². The van der Waals surface area contributed by atoms with E-state index < -0.39 is 0 Å². The zero-order valence-corrected chi connectivity index (χ0v) is 30.2. The Hall–Kier alpha value is -6.45. The highest BCUT2D eigenvalue weighted by atomic mass is 16.3. The van der Waals surface area contributed by atoms with Crippen molar-refractivity contribution in [3.05, 3.63) is 187 Å². The van der Waals surface area contributed by atoms with Crippen LogP contribution in [0, 0.1) is 0 Å². The van der Waals surface area contributed by atoms with Gasteiger partial charge in [0.2, 0.25) is 0 Å². The summed E-state index contributed by atoms with van der Waals surface area (Å²) in [6, 6.07) is 63.3. The first-order valence-corrected chi connectivity index (χ1v) is 18.8. The van der Waals surface area contributed by atoms with Crippen LogP contribution < -0.4 is 38.1 Å². The lowest BCUT2D eigenvalue weighted by Crippen LogP contribution is -2.73. The van der Waals surface area contributed by atoms with Crippen LogP contribution in [-0.2, 0) is 5.41 Å². The Kier molecular flexibility index (Phi) is 6.79. The summed E-state index contributed by atoms with van der Waals surface area (Å²) in [6.07, 6.45) is 0. The van der Waals surface area contributed by atoms with Crippen molar-refractivity contribution in [1.82, 2.24) is 0 Å². The van der Waals surface area contributed by atoms with Gasteiger partial charge in [-0.15, -0.1) is 0 Å². The molecule has 3 nitrogen and oxygen atoms in total. The van der Waals surface area contributed by atoms with Gasteiger partial charge in [-0.3, -0.25) is 0 Å². The van der Waals surface area contributed by atoms with Crippen molar-refractivity contribution in [1.29, 1.82) is 0 Å². The molecule has 0 radical (unpaired) electrons. The Bertz CT molecular complexity index is 2810. The van der Waals surface area contributed by atoms with Crippen LogP contribution in [0.3, 0.4) is 0 Å². The van der Waals surface area contributed by atoms with E-state index >= 15 is 0 Å². The molecule has 2 aromatic heterocycles. The van der Waals surface area contributed by atoms with Crippen LogP contribution in [-0.4, -0.2) is 13.4 Å². The standard InChI is InChI=1S/C49H35B2NO2/c1-49(2)39-18-8-10-20-41(39)52(42-21-11-9-19-40(42)49)36-30-28-35(29-31-36)51-46-38-17-7-13-23-44(38)53-47(46)50(45-37-16-6-12-22-43(37)54-48(45)51)34-26-24-33(25-27-34)32-14-4-3-5-15-32/h3-31H,1-2H3.